The summed E-state index contributed by atoms with van der Waals surface area (Å²) < 4.78 is 58.2. The van der Waals surface area contributed by atoms with Crippen molar-refractivity contribution in [3.05, 3.63) is 33.1 Å². The van der Waals surface area contributed by atoms with Crippen molar-refractivity contribution in [3.63, 3.8) is 0 Å². The number of ether oxygens (including phenoxy) is 2. The van der Waals surface area contributed by atoms with Crippen molar-refractivity contribution < 1.29 is 65.8 Å². The standard InChI is InChI=1S/C14H23N2O16P3/c1-2-3-6-28-7-9-12(30-34(24,25)32-35(26,27)31-33(21,22)23)11(19)13(29-9)15-5-4-10(18)16(8-17)14(15)20/h4-5,8-9,11-13,19H,2-3,6-7H2,1H3,(H,24,25)(H,26,27)(H2,21,22,23)/t9-,11-,12-,13-/m1/s1. The molecule has 0 aliphatic carbocycles. The summed E-state index contributed by atoms with van der Waals surface area (Å²) in [6, 6.07) is 0.800. The largest absolute Gasteiger partial charge is 0.490 e. The molecule has 200 valence electrons. The number of unbranched alkanes of at least 4 members (excludes halogenated alkanes) is 1. The number of aliphatic hydroxyl groups excluding tert-OH is 1. The SMILES string of the molecule is CCCCOC[C@H]1O[C@@H](n2ccc(=O)n(C=O)c2=O)[C@H](O)[C@@H]1OP(=O)(O)OP(=O)(O)OP(=O)(O)O. The summed E-state index contributed by atoms with van der Waals surface area (Å²) >= 11 is 0. The Morgan fingerprint density at radius 3 is 2.34 bits per heavy atom. The van der Waals surface area contributed by atoms with Gasteiger partial charge in [-0.3, -0.25) is 18.7 Å². The van der Waals surface area contributed by atoms with Crippen LogP contribution in [0.3, 0.4) is 0 Å². The molecule has 0 aromatic carbocycles. The summed E-state index contributed by atoms with van der Waals surface area (Å²) in [6.07, 6.45) is -4.87. The third-order valence-corrected chi connectivity index (χ3v) is 8.16. The summed E-state index contributed by atoms with van der Waals surface area (Å²) in [5.41, 5.74) is -2.22. The molecule has 35 heavy (non-hydrogen) atoms. The summed E-state index contributed by atoms with van der Waals surface area (Å²) in [7, 11) is -17.2. The van der Waals surface area contributed by atoms with E-state index in [0.717, 1.165) is 18.7 Å². The Hall–Kier alpha value is -1.36. The third-order valence-electron chi connectivity index (χ3n) is 4.33. The van der Waals surface area contributed by atoms with Crippen molar-refractivity contribution in [2.45, 2.75) is 44.3 Å². The maximum Gasteiger partial charge on any atom is 0.490 e. The molecule has 0 spiro atoms. The van der Waals surface area contributed by atoms with Crippen LogP contribution in [0.15, 0.2) is 21.9 Å². The van der Waals surface area contributed by atoms with Crippen LogP contribution in [-0.4, -0.2) is 71.8 Å². The number of phosphoric acid groups is 3. The molecule has 2 heterocycles. The topological polar surface area (TPSA) is 260 Å². The van der Waals surface area contributed by atoms with E-state index in [1.165, 1.54) is 0 Å². The minimum Gasteiger partial charge on any atom is -0.386 e. The van der Waals surface area contributed by atoms with E-state index in [9.17, 15) is 43.0 Å². The molecule has 1 aliphatic rings. The lowest BCUT2D eigenvalue weighted by atomic mass is 10.1. The van der Waals surface area contributed by atoms with E-state index in [1.54, 1.807) is 0 Å². The van der Waals surface area contributed by atoms with E-state index < -0.39 is 65.9 Å². The van der Waals surface area contributed by atoms with E-state index in [0.29, 0.717) is 11.0 Å². The van der Waals surface area contributed by atoms with E-state index in [1.807, 2.05) is 6.92 Å². The Bertz CT molecular complexity index is 1160. The molecule has 5 N–H and O–H groups in total. The Morgan fingerprint density at radius 2 is 1.77 bits per heavy atom. The van der Waals surface area contributed by atoms with Gasteiger partial charge in [0.05, 0.1) is 6.61 Å². The molecule has 1 aromatic rings. The average molecular weight is 568 g/mol. The van der Waals surface area contributed by atoms with Gasteiger partial charge < -0.3 is 34.2 Å². The quantitative estimate of drug-likeness (QED) is 0.107. The van der Waals surface area contributed by atoms with Gasteiger partial charge in [-0.2, -0.15) is 13.2 Å². The summed E-state index contributed by atoms with van der Waals surface area (Å²) in [6.45, 7) is 1.66. The van der Waals surface area contributed by atoms with Gasteiger partial charge in [0.25, 0.3) is 5.56 Å². The van der Waals surface area contributed by atoms with Crippen molar-refractivity contribution in [2.75, 3.05) is 13.2 Å². The number of aromatic nitrogens is 2. The van der Waals surface area contributed by atoms with Crippen LogP contribution in [-0.2, 0) is 41.1 Å². The van der Waals surface area contributed by atoms with Crippen LogP contribution in [0, 0.1) is 0 Å². The molecule has 0 amide bonds. The van der Waals surface area contributed by atoms with Gasteiger partial charge in [-0.05, 0) is 6.42 Å². The first kappa shape index (κ1) is 29.9. The van der Waals surface area contributed by atoms with Crippen LogP contribution in [0.25, 0.3) is 0 Å². The van der Waals surface area contributed by atoms with Crippen LogP contribution in [0.1, 0.15) is 26.0 Å². The Balaban J connectivity index is 2.34. The lowest BCUT2D eigenvalue weighted by Gasteiger charge is -2.24. The predicted octanol–water partition coefficient (Wildman–Crippen LogP) is -1.16. The molecule has 0 bridgehead atoms. The van der Waals surface area contributed by atoms with Crippen molar-refractivity contribution in [2.24, 2.45) is 0 Å². The van der Waals surface area contributed by atoms with Gasteiger partial charge in [-0.15, -0.1) is 0 Å². The zero-order chi connectivity index (χ0) is 26.6. The zero-order valence-electron chi connectivity index (χ0n) is 17.8. The number of rotatable bonds is 13. The van der Waals surface area contributed by atoms with Crippen LogP contribution < -0.4 is 11.2 Å². The molecule has 21 heteroatoms. The lowest BCUT2D eigenvalue weighted by molar-refractivity contribution is -0.0683. The molecule has 0 radical (unpaired) electrons. The van der Waals surface area contributed by atoms with Crippen molar-refractivity contribution >= 4 is 29.9 Å². The smallest absolute Gasteiger partial charge is 0.386 e. The van der Waals surface area contributed by atoms with Gasteiger partial charge in [0.15, 0.2) is 6.23 Å². The van der Waals surface area contributed by atoms with Crippen LogP contribution >= 0.6 is 23.5 Å². The number of phosphoric ester groups is 1. The second kappa shape index (κ2) is 11.8. The van der Waals surface area contributed by atoms with E-state index in [4.69, 9.17) is 23.8 Å². The third kappa shape index (κ3) is 8.33. The zero-order valence-corrected chi connectivity index (χ0v) is 20.5. The Kier molecular flexibility index (Phi) is 10.1. The van der Waals surface area contributed by atoms with E-state index in [2.05, 4.69) is 8.62 Å². The monoisotopic (exact) mass is 568 g/mol. The van der Waals surface area contributed by atoms with Crippen molar-refractivity contribution in [3.8, 4) is 0 Å². The summed E-state index contributed by atoms with van der Waals surface area (Å²) in [5.74, 6) is 0. The number of hydrogen-bond acceptors (Lipinski definition) is 12. The molecule has 1 fully saturated rings. The number of hydrogen-bond donors (Lipinski definition) is 5. The van der Waals surface area contributed by atoms with Crippen molar-refractivity contribution in [1.29, 1.82) is 0 Å². The summed E-state index contributed by atoms with van der Waals surface area (Å²) in [4.78, 5) is 71.5. The molecule has 1 aromatic heterocycles. The fourth-order valence-electron chi connectivity index (χ4n) is 2.91. The highest BCUT2D eigenvalue weighted by Crippen LogP contribution is 2.67. The molecule has 1 saturated heterocycles. The highest BCUT2D eigenvalue weighted by atomic mass is 31.3. The normalized spacial score (nSPS) is 26.2. The first-order chi connectivity index (χ1) is 16.1. The first-order valence-electron chi connectivity index (χ1n) is 9.63. The second-order valence-electron chi connectivity index (χ2n) is 6.96. The molecular formula is C14H23N2O16P3. The highest BCUT2D eigenvalue weighted by Gasteiger charge is 2.51. The maximum atomic E-state index is 12.4. The molecule has 2 rings (SSSR count). The van der Waals surface area contributed by atoms with Crippen LogP contribution in [0.4, 0.5) is 0 Å². The maximum absolute atomic E-state index is 12.4. The van der Waals surface area contributed by atoms with E-state index >= 15 is 0 Å². The highest BCUT2D eigenvalue weighted by molar-refractivity contribution is 7.66. The van der Waals surface area contributed by atoms with Crippen molar-refractivity contribution in [1.82, 2.24) is 9.13 Å². The number of carbonyl (C=O) groups is 1. The van der Waals surface area contributed by atoms with Crippen LogP contribution in [0.5, 0.6) is 0 Å². The van der Waals surface area contributed by atoms with E-state index in [-0.39, 0.29) is 17.6 Å². The fourth-order valence-corrected chi connectivity index (χ4v) is 6.14. The van der Waals surface area contributed by atoms with Gasteiger partial charge in [-0.25, -0.2) is 18.5 Å². The molecule has 18 nitrogen and oxygen atoms in total. The number of nitrogens with zero attached hydrogens (tertiary/aromatic N) is 2. The summed E-state index contributed by atoms with van der Waals surface area (Å²) in [5, 5.41) is 10.7. The molecule has 0 saturated carbocycles. The molecule has 1 aliphatic heterocycles. The lowest BCUT2D eigenvalue weighted by Crippen LogP contribution is -2.43. The van der Waals surface area contributed by atoms with Gasteiger partial charge in [0, 0.05) is 18.9 Å². The second-order valence-corrected chi connectivity index (χ2v) is 11.3. The number of aliphatic hydroxyl groups is 1. The molecular weight excluding hydrogens is 545 g/mol. The Labute approximate surface area is 196 Å². The predicted molar refractivity (Wildman–Crippen MR) is 111 cm³/mol. The van der Waals surface area contributed by atoms with Gasteiger partial charge >= 0.3 is 29.2 Å². The minimum absolute atomic E-state index is 0.0859. The fraction of sp³-hybridized carbons (Fsp3) is 0.643. The van der Waals surface area contributed by atoms with Gasteiger partial charge in [0.1, 0.15) is 18.3 Å². The van der Waals surface area contributed by atoms with Crippen LogP contribution in [0.2, 0.25) is 0 Å². The molecule has 6 atom stereocenters. The first-order valence-corrected chi connectivity index (χ1v) is 14.2. The average Bonchev–Trinajstić information content (AvgIpc) is 2.98. The van der Waals surface area contributed by atoms with Gasteiger partial charge in [-0.1, -0.05) is 13.3 Å². The van der Waals surface area contributed by atoms with Gasteiger partial charge in [0.2, 0.25) is 6.41 Å². The number of carbonyl (C=O) groups excluding carboxylic acids is 1. The molecule has 2 unspecified atom stereocenters. The Morgan fingerprint density at radius 1 is 1.11 bits per heavy atom. The minimum atomic E-state index is -5.85.